The van der Waals surface area contributed by atoms with Gasteiger partial charge in [0.05, 0.1) is 6.20 Å². The first kappa shape index (κ1) is 10.6. The van der Waals surface area contributed by atoms with Crippen LogP contribution < -0.4 is 5.32 Å². The fraction of sp³-hybridized carbons (Fsp3) is 0.583. The lowest BCUT2D eigenvalue weighted by Gasteiger charge is -2.16. The molecule has 2 nitrogen and oxygen atoms in total. The smallest absolute Gasteiger partial charge is 0.141 e. The number of hydrogen-bond acceptors (Lipinski definition) is 2. The highest BCUT2D eigenvalue weighted by Gasteiger charge is 2.36. The minimum Gasteiger partial charge on any atom is -0.310 e. The standard InChI is InChI=1S/C12H17FN2/c1-9(15-8-12(2)3-4-12)10-5-11(13)7-14-6-10/h5-7,9,15H,3-4,8H2,1-2H3. The Labute approximate surface area is 89.9 Å². The van der Waals surface area contributed by atoms with E-state index < -0.39 is 0 Å². The van der Waals surface area contributed by atoms with Crippen LogP contribution in [0.2, 0.25) is 0 Å². The fourth-order valence-corrected chi connectivity index (χ4v) is 1.57. The molecule has 0 radical (unpaired) electrons. The summed E-state index contributed by atoms with van der Waals surface area (Å²) in [6.07, 6.45) is 5.55. The van der Waals surface area contributed by atoms with Gasteiger partial charge in [-0.05, 0) is 36.8 Å². The molecule has 0 aromatic carbocycles. The highest BCUT2D eigenvalue weighted by molar-refractivity contribution is 5.14. The second-order valence-electron chi connectivity index (χ2n) is 4.85. The summed E-state index contributed by atoms with van der Waals surface area (Å²) in [6, 6.07) is 1.71. The first-order valence-electron chi connectivity index (χ1n) is 5.43. The van der Waals surface area contributed by atoms with Crippen molar-refractivity contribution >= 4 is 0 Å². The second-order valence-corrected chi connectivity index (χ2v) is 4.85. The van der Waals surface area contributed by atoms with Crippen LogP contribution in [-0.2, 0) is 0 Å². The quantitative estimate of drug-likeness (QED) is 0.822. The SMILES string of the molecule is CC(NCC1(C)CC1)c1cncc(F)c1. The average molecular weight is 208 g/mol. The van der Waals surface area contributed by atoms with Crippen LogP contribution in [0.25, 0.3) is 0 Å². The van der Waals surface area contributed by atoms with Crippen molar-refractivity contribution in [1.29, 1.82) is 0 Å². The molecule has 1 heterocycles. The van der Waals surface area contributed by atoms with E-state index in [1.807, 2.05) is 6.92 Å². The number of hydrogen-bond donors (Lipinski definition) is 1. The van der Waals surface area contributed by atoms with E-state index >= 15 is 0 Å². The van der Waals surface area contributed by atoms with E-state index in [-0.39, 0.29) is 11.9 Å². The lowest BCUT2D eigenvalue weighted by atomic mass is 10.1. The van der Waals surface area contributed by atoms with E-state index in [1.54, 1.807) is 12.3 Å². The van der Waals surface area contributed by atoms with Gasteiger partial charge in [0.15, 0.2) is 0 Å². The number of aromatic nitrogens is 1. The van der Waals surface area contributed by atoms with Crippen LogP contribution >= 0.6 is 0 Å². The summed E-state index contributed by atoms with van der Waals surface area (Å²) in [5.74, 6) is -0.265. The van der Waals surface area contributed by atoms with Crippen LogP contribution in [0.5, 0.6) is 0 Å². The summed E-state index contributed by atoms with van der Waals surface area (Å²) >= 11 is 0. The Morgan fingerprint density at radius 3 is 2.87 bits per heavy atom. The van der Waals surface area contributed by atoms with Crippen LogP contribution in [0.15, 0.2) is 18.5 Å². The monoisotopic (exact) mass is 208 g/mol. The molecule has 0 spiro atoms. The van der Waals surface area contributed by atoms with Gasteiger partial charge in [-0.25, -0.2) is 4.39 Å². The Hall–Kier alpha value is -0.960. The molecule has 3 heteroatoms. The Bertz CT molecular complexity index is 347. The number of nitrogens with one attached hydrogen (secondary N) is 1. The van der Waals surface area contributed by atoms with Crippen molar-refractivity contribution in [2.24, 2.45) is 5.41 Å². The topological polar surface area (TPSA) is 24.9 Å². The molecule has 82 valence electrons. The molecule has 1 atom stereocenters. The molecule has 0 saturated heterocycles. The maximum atomic E-state index is 12.9. The number of halogens is 1. The molecular weight excluding hydrogens is 191 g/mol. The molecular formula is C12H17FN2. The van der Waals surface area contributed by atoms with Crippen molar-refractivity contribution in [3.05, 3.63) is 29.8 Å². The van der Waals surface area contributed by atoms with Crippen LogP contribution in [0.3, 0.4) is 0 Å². The third kappa shape index (κ3) is 2.75. The molecule has 0 bridgehead atoms. The summed E-state index contributed by atoms with van der Waals surface area (Å²) in [5.41, 5.74) is 1.40. The van der Waals surface area contributed by atoms with E-state index in [0.717, 1.165) is 12.1 Å². The molecule has 2 rings (SSSR count). The largest absolute Gasteiger partial charge is 0.310 e. The maximum Gasteiger partial charge on any atom is 0.141 e. The van der Waals surface area contributed by atoms with E-state index in [2.05, 4.69) is 17.2 Å². The van der Waals surface area contributed by atoms with Gasteiger partial charge in [0.2, 0.25) is 0 Å². The van der Waals surface area contributed by atoms with Gasteiger partial charge in [-0.1, -0.05) is 6.92 Å². The Balaban J connectivity index is 1.92. The zero-order valence-electron chi connectivity index (χ0n) is 9.26. The number of rotatable bonds is 4. The Kier molecular flexibility index (Phi) is 2.74. The highest BCUT2D eigenvalue weighted by Crippen LogP contribution is 2.44. The normalized spacial score (nSPS) is 19.9. The van der Waals surface area contributed by atoms with E-state index in [4.69, 9.17) is 0 Å². The predicted octanol–water partition coefficient (Wildman–Crippen LogP) is 2.67. The van der Waals surface area contributed by atoms with Crippen LogP contribution in [0.4, 0.5) is 4.39 Å². The molecule has 0 aliphatic heterocycles. The molecule has 1 aliphatic rings. The molecule has 1 saturated carbocycles. The fourth-order valence-electron chi connectivity index (χ4n) is 1.57. The molecule has 15 heavy (non-hydrogen) atoms. The average Bonchev–Trinajstić information content (AvgIpc) is 2.94. The Morgan fingerprint density at radius 1 is 1.53 bits per heavy atom. The van der Waals surface area contributed by atoms with Crippen molar-refractivity contribution in [2.75, 3.05) is 6.54 Å². The van der Waals surface area contributed by atoms with Gasteiger partial charge in [-0.15, -0.1) is 0 Å². The number of nitrogens with zero attached hydrogens (tertiary/aromatic N) is 1. The van der Waals surface area contributed by atoms with E-state index in [0.29, 0.717) is 5.41 Å². The van der Waals surface area contributed by atoms with Gasteiger partial charge in [-0.2, -0.15) is 0 Å². The van der Waals surface area contributed by atoms with Gasteiger partial charge >= 0.3 is 0 Å². The maximum absolute atomic E-state index is 12.9. The van der Waals surface area contributed by atoms with Crippen molar-refractivity contribution in [1.82, 2.24) is 10.3 Å². The van der Waals surface area contributed by atoms with Gasteiger partial charge in [0.25, 0.3) is 0 Å². The Morgan fingerprint density at radius 2 is 2.27 bits per heavy atom. The van der Waals surface area contributed by atoms with Gasteiger partial charge in [0, 0.05) is 18.8 Å². The summed E-state index contributed by atoms with van der Waals surface area (Å²) in [5, 5.41) is 3.42. The van der Waals surface area contributed by atoms with Gasteiger partial charge < -0.3 is 5.32 Å². The molecule has 1 unspecified atom stereocenters. The first-order valence-corrected chi connectivity index (χ1v) is 5.43. The summed E-state index contributed by atoms with van der Waals surface area (Å²) < 4.78 is 12.9. The lowest BCUT2D eigenvalue weighted by Crippen LogP contribution is -2.25. The van der Waals surface area contributed by atoms with Crippen molar-refractivity contribution < 1.29 is 4.39 Å². The molecule has 1 aromatic heterocycles. The van der Waals surface area contributed by atoms with Crippen LogP contribution in [-0.4, -0.2) is 11.5 Å². The molecule has 1 aliphatic carbocycles. The summed E-state index contributed by atoms with van der Waals surface area (Å²) in [6.45, 7) is 5.32. The minimum absolute atomic E-state index is 0.172. The predicted molar refractivity (Wildman–Crippen MR) is 58.0 cm³/mol. The van der Waals surface area contributed by atoms with Gasteiger partial charge in [-0.3, -0.25) is 4.98 Å². The lowest BCUT2D eigenvalue weighted by molar-refractivity contribution is 0.455. The number of pyridine rings is 1. The summed E-state index contributed by atoms with van der Waals surface area (Å²) in [4.78, 5) is 3.85. The molecule has 1 N–H and O–H groups in total. The van der Waals surface area contributed by atoms with E-state index in [1.165, 1.54) is 19.0 Å². The second kappa shape index (κ2) is 3.89. The van der Waals surface area contributed by atoms with Crippen molar-refractivity contribution in [3.8, 4) is 0 Å². The molecule has 1 aromatic rings. The van der Waals surface area contributed by atoms with Crippen molar-refractivity contribution in [2.45, 2.75) is 32.7 Å². The third-order valence-electron chi connectivity index (χ3n) is 3.16. The van der Waals surface area contributed by atoms with Crippen molar-refractivity contribution in [3.63, 3.8) is 0 Å². The van der Waals surface area contributed by atoms with E-state index in [9.17, 15) is 4.39 Å². The van der Waals surface area contributed by atoms with Gasteiger partial charge in [0.1, 0.15) is 5.82 Å². The first-order chi connectivity index (χ1) is 7.09. The summed E-state index contributed by atoms with van der Waals surface area (Å²) in [7, 11) is 0. The molecule has 1 fully saturated rings. The zero-order valence-corrected chi connectivity index (χ0v) is 9.26. The zero-order chi connectivity index (χ0) is 10.9. The molecule has 0 amide bonds. The van der Waals surface area contributed by atoms with Crippen LogP contribution in [0, 0.1) is 11.2 Å². The third-order valence-corrected chi connectivity index (χ3v) is 3.16. The minimum atomic E-state index is -0.265. The highest BCUT2D eigenvalue weighted by atomic mass is 19.1. The van der Waals surface area contributed by atoms with Crippen LogP contribution in [0.1, 0.15) is 38.3 Å².